The molecule has 1 aliphatic rings. The van der Waals surface area contributed by atoms with Gasteiger partial charge in [-0.3, -0.25) is 9.78 Å². The summed E-state index contributed by atoms with van der Waals surface area (Å²) in [5.41, 5.74) is 2.48. The Hall–Kier alpha value is -3.68. The lowest BCUT2D eigenvalue weighted by atomic mass is 9.96. The minimum absolute atomic E-state index is 0.0752. The molecule has 3 heterocycles. The number of carbonyl (C=O) groups excluding carboxylic acids is 1. The molecule has 1 atom stereocenters. The summed E-state index contributed by atoms with van der Waals surface area (Å²) in [6.45, 7) is 3.33. The quantitative estimate of drug-likeness (QED) is 0.574. The number of carbonyl (C=O) groups is 1. The Labute approximate surface area is 194 Å². The molecule has 1 saturated heterocycles. The summed E-state index contributed by atoms with van der Waals surface area (Å²) in [5.74, 6) is 2.99. The van der Waals surface area contributed by atoms with Crippen LogP contribution in [0.5, 0.6) is 11.5 Å². The van der Waals surface area contributed by atoms with E-state index in [-0.39, 0.29) is 11.8 Å². The first kappa shape index (κ1) is 22.5. The fraction of sp³-hybridized carbons (Fsp3) is 0.360. The number of likely N-dealkylation sites (tertiary alicyclic amines) is 1. The second-order valence-electron chi connectivity index (χ2n) is 8.00. The van der Waals surface area contributed by atoms with E-state index in [9.17, 15) is 4.79 Å². The molecule has 0 radical (unpaired) electrons. The first-order chi connectivity index (χ1) is 16.1. The fourth-order valence-electron chi connectivity index (χ4n) is 4.04. The SMILES string of the molecule is CCC(=O)N1CCCC(c2nc(Nc3cc(OC)cc(OC)c3)cc(-c3cccnc3)n2)C1. The van der Waals surface area contributed by atoms with Crippen LogP contribution in [0.3, 0.4) is 0 Å². The van der Waals surface area contributed by atoms with E-state index in [4.69, 9.17) is 19.4 Å². The van der Waals surface area contributed by atoms with Crippen molar-refractivity contribution in [3.8, 4) is 22.8 Å². The molecule has 1 N–H and O–H groups in total. The van der Waals surface area contributed by atoms with E-state index in [0.717, 1.165) is 42.2 Å². The molecule has 4 rings (SSSR count). The maximum Gasteiger partial charge on any atom is 0.222 e. The van der Waals surface area contributed by atoms with Crippen molar-refractivity contribution < 1.29 is 14.3 Å². The number of piperidine rings is 1. The zero-order valence-electron chi connectivity index (χ0n) is 19.2. The van der Waals surface area contributed by atoms with E-state index in [1.54, 1.807) is 26.6 Å². The molecule has 172 valence electrons. The minimum atomic E-state index is 0.0752. The van der Waals surface area contributed by atoms with Crippen LogP contribution in [0.15, 0.2) is 48.8 Å². The van der Waals surface area contributed by atoms with Gasteiger partial charge in [-0.2, -0.15) is 0 Å². The smallest absolute Gasteiger partial charge is 0.222 e. The van der Waals surface area contributed by atoms with Crippen molar-refractivity contribution in [3.05, 3.63) is 54.6 Å². The van der Waals surface area contributed by atoms with Gasteiger partial charge < -0.3 is 19.7 Å². The molecule has 8 heteroatoms. The van der Waals surface area contributed by atoms with Gasteiger partial charge in [0.15, 0.2) is 0 Å². The normalized spacial score (nSPS) is 15.7. The summed E-state index contributed by atoms with van der Waals surface area (Å²) in [4.78, 5) is 28.2. The molecule has 0 spiro atoms. The molecule has 1 amide bonds. The van der Waals surface area contributed by atoms with E-state index in [1.165, 1.54) is 0 Å². The lowest BCUT2D eigenvalue weighted by molar-refractivity contribution is -0.132. The Morgan fingerprint density at radius 2 is 1.94 bits per heavy atom. The van der Waals surface area contributed by atoms with Gasteiger partial charge in [-0.25, -0.2) is 9.97 Å². The number of anilines is 2. The number of rotatable bonds is 7. The number of pyridine rings is 1. The van der Waals surface area contributed by atoms with Gasteiger partial charge in [-0.1, -0.05) is 6.92 Å². The molecule has 0 saturated carbocycles. The highest BCUT2D eigenvalue weighted by atomic mass is 16.5. The Bertz CT molecular complexity index is 1080. The van der Waals surface area contributed by atoms with Gasteiger partial charge in [0.25, 0.3) is 0 Å². The summed E-state index contributed by atoms with van der Waals surface area (Å²) >= 11 is 0. The van der Waals surface area contributed by atoms with Crippen molar-refractivity contribution in [1.82, 2.24) is 19.9 Å². The number of ether oxygens (including phenoxy) is 2. The van der Waals surface area contributed by atoms with Crippen LogP contribution in [-0.4, -0.2) is 53.1 Å². The molecule has 0 aliphatic carbocycles. The molecule has 2 aromatic heterocycles. The fourth-order valence-corrected chi connectivity index (χ4v) is 4.04. The first-order valence-corrected chi connectivity index (χ1v) is 11.2. The molecule has 1 unspecified atom stereocenters. The summed E-state index contributed by atoms with van der Waals surface area (Å²) in [6, 6.07) is 11.4. The van der Waals surface area contributed by atoms with E-state index in [0.29, 0.717) is 30.3 Å². The number of hydrogen-bond donors (Lipinski definition) is 1. The van der Waals surface area contributed by atoms with Crippen LogP contribution < -0.4 is 14.8 Å². The zero-order valence-corrected chi connectivity index (χ0v) is 19.2. The Morgan fingerprint density at radius 1 is 1.15 bits per heavy atom. The van der Waals surface area contributed by atoms with Crippen molar-refractivity contribution in [2.45, 2.75) is 32.1 Å². The topological polar surface area (TPSA) is 89.5 Å². The number of benzene rings is 1. The molecule has 1 aliphatic heterocycles. The number of methoxy groups -OCH3 is 2. The van der Waals surface area contributed by atoms with Crippen LogP contribution in [-0.2, 0) is 4.79 Å². The minimum Gasteiger partial charge on any atom is -0.497 e. The number of aromatic nitrogens is 3. The van der Waals surface area contributed by atoms with Crippen LogP contribution in [0.4, 0.5) is 11.5 Å². The van der Waals surface area contributed by atoms with Crippen molar-refractivity contribution in [1.29, 1.82) is 0 Å². The largest absolute Gasteiger partial charge is 0.497 e. The van der Waals surface area contributed by atoms with Crippen LogP contribution in [0.25, 0.3) is 11.3 Å². The number of amides is 1. The summed E-state index contributed by atoms with van der Waals surface area (Å²) in [5, 5.41) is 3.38. The van der Waals surface area contributed by atoms with Gasteiger partial charge in [0, 0.05) is 73.3 Å². The lowest BCUT2D eigenvalue weighted by Gasteiger charge is -2.32. The zero-order chi connectivity index (χ0) is 23.2. The highest BCUT2D eigenvalue weighted by Crippen LogP contribution is 2.31. The number of nitrogens with zero attached hydrogens (tertiary/aromatic N) is 4. The predicted molar refractivity (Wildman–Crippen MR) is 127 cm³/mol. The molecule has 3 aromatic rings. The van der Waals surface area contributed by atoms with Gasteiger partial charge >= 0.3 is 0 Å². The van der Waals surface area contributed by atoms with Crippen molar-refractivity contribution in [2.75, 3.05) is 32.6 Å². The molecular formula is C25H29N5O3. The van der Waals surface area contributed by atoms with Crippen LogP contribution >= 0.6 is 0 Å². The molecule has 33 heavy (non-hydrogen) atoms. The van der Waals surface area contributed by atoms with Crippen LogP contribution in [0.1, 0.15) is 37.9 Å². The van der Waals surface area contributed by atoms with Crippen molar-refractivity contribution in [2.24, 2.45) is 0 Å². The monoisotopic (exact) mass is 447 g/mol. The first-order valence-electron chi connectivity index (χ1n) is 11.2. The van der Waals surface area contributed by atoms with Gasteiger partial charge in [0.1, 0.15) is 23.1 Å². The predicted octanol–water partition coefficient (Wildman–Crippen LogP) is 4.42. The van der Waals surface area contributed by atoms with E-state index >= 15 is 0 Å². The average molecular weight is 448 g/mol. The van der Waals surface area contributed by atoms with E-state index in [2.05, 4.69) is 10.3 Å². The maximum absolute atomic E-state index is 12.3. The summed E-state index contributed by atoms with van der Waals surface area (Å²) in [6.07, 6.45) is 5.91. The molecule has 0 bridgehead atoms. The van der Waals surface area contributed by atoms with Gasteiger partial charge in [-0.15, -0.1) is 0 Å². The Balaban J connectivity index is 1.71. The second kappa shape index (κ2) is 10.3. The summed E-state index contributed by atoms with van der Waals surface area (Å²) < 4.78 is 10.8. The Kier molecular flexibility index (Phi) is 7.02. The third-order valence-electron chi connectivity index (χ3n) is 5.77. The van der Waals surface area contributed by atoms with Gasteiger partial charge in [-0.05, 0) is 25.0 Å². The standard InChI is InChI=1S/C25H29N5O3/c1-4-24(31)30-10-6-8-18(16-30)25-28-22(17-7-5-9-26-15-17)14-23(29-25)27-19-11-20(32-2)13-21(12-19)33-3/h5,7,9,11-15,18H,4,6,8,10,16H2,1-3H3,(H,27,28,29). The van der Waals surface area contributed by atoms with Gasteiger partial charge in [0.05, 0.1) is 19.9 Å². The lowest BCUT2D eigenvalue weighted by Crippen LogP contribution is -2.39. The molecule has 1 aromatic carbocycles. The molecule has 8 nitrogen and oxygen atoms in total. The Morgan fingerprint density at radius 3 is 2.61 bits per heavy atom. The molecular weight excluding hydrogens is 418 g/mol. The van der Waals surface area contributed by atoms with Crippen LogP contribution in [0, 0.1) is 0 Å². The van der Waals surface area contributed by atoms with E-state index < -0.39 is 0 Å². The third-order valence-corrected chi connectivity index (χ3v) is 5.77. The number of nitrogens with one attached hydrogen (secondary N) is 1. The van der Waals surface area contributed by atoms with Crippen molar-refractivity contribution >= 4 is 17.4 Å². The van der Waals surface area contributed by atoms with Gasteiger partial charge in [0.2, 0.25) is 5.91 Å². The second-order valence-corrected chi connectivity index (χ2v) is 8.00. The summed E-state index contributed by atoms with van der Waals surface area (Å²) in [7, 11) is 3.24. The highest BCUT2D eigenvalue weighted by molar-refractivity contribution is 5.76. The number of hydrogen-bond acceptors (Lipinski definition) is 7. The highest BCUT2D eigenvalue weighted by Gasteiger charge is 2.26. The molecule has 1 fully saturated rings. The van der Waals surface area contributed by atoms with E-state index in [1.807, 2.05) is 48.2 Å². The third kappa shape index (κ3) is 5.39. The van der Waals surface area contributed by atoms with Crippen molar-refractivity contribution in [3.63, 3.8) is 0 Å². The van der Waals surface area contributed by atoms with Crippen LogP contribution in [0.2, 0.25) is 0 Å². The average Bonchev–Trinajstić information content (AvgIpc) is 2.88. The maximum atomic E-state index is 12.3.